The Balaban J connectivity index is 3.91. The van der Waals surface area contributed by atoms with Crippen LogP contribution in [0.25, 0.3) is 0 Å². The van der Waals surface area contributed by atoms with E-state index < -0.39 is 5.54 Å². The van der Waals surface area contributed by atoms with E-state index in [1.165, 1.54) is 0 Å². The van der Waals surface area contributed by atoms with Crippen LogP contribution in [0, 0.1) is 11.3 Å². The second-order valence-electron chi connectivity index (χ2n) is 3.39. The Labute approximate surface area is 80.3 Å². The highest BCUT2D eigenvalue weighted by Crippen LogP contribution is 2.00. The fourth-order valence-electron chi connectivity index (χ4n) is 1.07. The van der Waals surface area contributed by atoms with Crippen LogP contribution in [0.15, 0.2) is 0 Å². The van der Waals surface area contributed by atoms with Gasteiger partial charge in [-0.1, -0.05) is 6.92 Å². The fourth-order valence-corrected chi connectivity index (χ4v) is 1.07. The maximum Gasteiger partial charge on any atom is 0.114 e. The molecule has 0 aromatic carbocycles. The van der Waals surface area contributed by atoms with Crippen LogP contribution in [0.1, 0.15) is 13.8 Å². The molecule has 4 heteroatoms. The summed E-state index contributed by atoms with van der Waals surface area (Å²) < 4.78 is 4.96. The highest BCUT2D eigenvalue weighted by atomic mass is 16.5. The smallest absolute Gasteiger partial charge is 0.114 e. The fraction of sp³-hybridized carbons (Fsp3) is 0.889. The van der Waals surface area contributed by atoms with Crippen molar-refractivity contribution in [1.29, 1.82) is 5.26 Å². The maximum absolute atomic E-state index is 8.73. The summed E-state index contributed by atoms with van der Waals surface area (Å²) in [6, 6.07) is 2.08. The topological polar surface area (TPSA) is 62.3 Å². The van der Waals surface area contributed by atoms with Crippen LogP contribution < -0.4 is 5.73 Å². The molecule has 0 aliphatic carbocycles. The summed E-state index contributed by atoms with van der Waals surface area (Å²) in [6.07, 6.45) is 0. The van der Waals surface area contributed by atoms with Gasteiger partial charge in [0, 0.05) is 20.2 Å². The Bertz CT molecular complexity index is 174. The minimum atomic E-state index is -0.760. The second-order valence-corrected chi connectivity index (χ2v) is 3.39. The first kappa shape index (κ1) is 12.4. The lowest BCUT2D eigenvalue weighted by Gasteiger charge is -2.26. The van der Waals surface area contributed by atoms with Gasteiger partial charge in [-0.2, -0.15) is 5.26 Å². The van der Waals surface area contributed by atoms with Gasteiger partial charge in [0.1, 0.15) is 5.54 Å². The van der Waals surface area contributed by atoms with Gasteiger partial charge in [0.15, 0.2) is 0 Å². The highest BCUT2D eigenvalue weighted by Gasteiger charge is 2.20. The van der Waals surface area contributed by atoms with Crippen LogP contribution in [0.5, 0.6) is 0 Å². The molecule has 0 radical (unpaired) electrons. The SMILES string of the molecule is CCN(CCOC)CC(C)(N)C#N. The summed E-state index contributed by atoms with van der Waals surface area (Å²) in [7, 11) is 1.67. The third kappa shape index (κ3) is 5.58. The van der Waals surface area contributed by atoms with E-state index in [-0.39, 0.29) is 0 Å². The van der Waals surface area contributed by atoms with E-state index in [1.54, 1.807) is 14.0 Å². The number of hydrogen-bond acceptors (Lipinski definition) is 4. The number of nitrogens with zero attached hydrogens (tertiary/aromatic N) is 2. The molecule has 0 bridgehead atoms. The third-order valence-corrected chi connectivity index (χ3v) is 1.87. The largest absolute Gasteiger partial charge is 0.383 e. The molecule has 0 aromatic rings. The predicted molar refractivity (Wildman–Crippen MR) is 52.2 cm³/mol. The Morgan fingerprint density at radius 3 is 2.62 bits per heavy atom. The molecular formula is C9H19N3O. The van der Waals surface area contributed by atoms with E-state index >= 15 is 0 Å². The van der Waals surface area contributed by atoms with Gasteiger partial charge >= 0.3 is 0 Å². The lowest BCUT2D eigenvalue weighted by molar-refractivity contribution is 0.143. The van der Waals surface area contributed by atoms with Crippen LogP contribution >= 0.6 is 0 Å². The van der Waals surface area contributed by atoms with Crippen LogP contribution in [0.4, 0.5) is 0 Å². The molecule has 0 amide bonds. The van der Waals surface area contributed by atoms with Crippen molar-refractivity contribution in [2.45, 2.75) is 19.4 Å². The van der Waals surface area contributed by atoms with Gasteiger partial charge in [0.05, 0.1) is 12.7 Å². The number of likely N-dealkylation sites (N-methyl/N-ethyl adjacent to an activating group) is 1. The first-order valence-corrected chi connectivity index (χ1v) is 4.47. The molecule has 0 spiro atoms. The molecule has 0 aromatic heterocycles. The molecule has 0 saturated heterocycles. The third-order valence-electron chi connectivity index (χ3n) is 1.87. The molecule has 13 heavy (non-hydrogen) atoms. The summed E-state index contributed by atoms with van der Waals surface area (Å²) in [5.74, 6) is 0. The Hall–Kier alpha value is -0.630. The Kier molecular flexibility index (Phi) is 5.63. The maximum atomic E-state index is 8.73. The zero-order chi connectivity index (χ0) is 10.3. The Morgan fingerprint density at radius 1 is 1.62 bits per heavy atom. The lowest BCUT2D eigenvalue weighted by atomic mass is 10.1. The summed E-state index contributed by atoms with van der Waals surface area (Å²) in [5.41, 5.74) is 4.96. The summed E-state index contributed by atoms with van der Waals surface area (Å²) in [6.45, 7) is 6.75. The van der Waals surface area contributed by atoms with Crippen molar-refractivity contribution in [3.05, 3.63) is 0 Å². The van der Waals surface area contributed by atoms with Crippen LogP contribution in [0.2, 0.25) is 0 Å². The second kappa shape index (κ2) is 5.92. The van der Waals surface area contributed by atoms with Crippen molar-refractivity contribution in [2.24, 2.45) is 5.73 Å². The first-order chi connectivity index (χ1) is 6.05. The molecule has 1 unspecified atom stereocenters. The minimum absolute atomic E-state index is 0.587. The number of rotatable bonds is 6. The van der Waals surface area contributed by atoms with Gasteiger partial charge in [-0.15, -0.1) is 0 Å². The molecule has 0 saturated carbocycles. The number of nitriles is 1. The number of ether oxygens (including phenoxy) is 1. The molecule has 0 aliphatic rings. The lowest BCUT2D eigenvalue weighted by Crippen LogP contribution is -2.47. The van der Waals surface area contributed by atoms with E-state index in [1.807, 2.05) is 6.92 Å². The number of nitrogens with two attached hydrogens (primary N) is 1. The van der Waals surface area contributed by atoms with E-state index in [0.717, 1.165) is 13.1 Å². The highest BCUT2D eigenvalue weighted by molar-refractivity contribution is 5.02. The first-order valence-electron chi connectivity index (χ1n) is 4.47. The van der Waals surface area contributed by atoms with Crippen molar-refractivity contribution in [3.63, 3.8) is 0 Å². The van der Waals surface area contributed by atoms with Crippen LogP contribution in [0.3, 0.4) is 0 Å². The normalized spacial score (nSPS) is 15.4. The predicted octanol–water partition coefficient (Wildman–Crippen LogP) is 0.196. The quantitative estimate of drug-likeness (QED) is 0.642. The van der Waals surface area contributed by atoms with E-state index in [2.05, 4.69) is 11.0 Å². The summed E-state index contributed by atoms with van der Waals surface area (Å²) >= 11 is 0. The minimum Gasteiger partial charge on any atom is -0.383 e. The molecule has 4 nitrogen and oxygen atoms in total. The van der Waals surface area contributed by atoms with Gasteiger partial charge < -0.3 is 10.5 Å². The van der Waals surface area contributed by atoms with Crippen molar-refractivity contribution < 1.29 is 4.74 Å². The van der Waals surface area contributed by atoms with E-state index in [4.69, 9.17) is 15.7 Å². The summed E-state index contributed by atoms with van der Waals surface area (Å²) in [5, 5.41) is 8.73. The van der Waals surface area contributed by atoms with Gasteiger partial charge in [-0.25, -0.2) is 0 Å². The van der Waals surface area contributed by atoms with Crippen molar-refractivity contribution >= 4 is 0 Å². The van der Waals surface area contributed by atoms with Crippen molar-refractivity contribution in [2.75, 3.05) is 33.4 Å². The van der Waals surface area contributed by atoms with E-state index in [9.17, 15) is 0 Å². The average molecular weight is 185 g/mol. The van der Waals surface area contributed by atoms with Gasteiger partial charge in [0.2, 0.25) is 0 Å². The van der Waals surface area contributed by atoms with Crippen molar-refractivity contribution in [1.82, 2.24) is 4.90 Å². The van der Waals surface area contributed by atoms with E-state index in [0.29, 0.717) is 13.2 Å². The average Bonchev–Trinajstić information content (AvgIpc) is 2.12. The molecule has 0 fully saturated rings. The molecule has 76 valence electrons. The molecule has 0 rings (SSSR count). The van der Waals surface area contributed by atoms with Gasteiger partial charge in [-0.3, -0.25) is 4.90 Å². The monoisotopic (exact) mass is 185 g/mol. The molecule has 1 atom stereocenters. The number of hydrogen-bond donors (Lipinski definition) is 1. The van der Waals surface area contributed by atoms with Crippen LogP contribution in [-0.4, -0.2) is 43.8 Å². The summed E-state index contributed by atoms with van der Waals surface area (Å²) in [4.78, 5) is 2.10. The molecular weight excluding hydrogens is 166 g/mol. The van der Waals surface area contributed by atoms with Crippen molar-refractivity contribution in [3.8, 4) is 6.07 Å². The standard InChI is InChI=1S/C9H19N3O/c1-4-12(5-6-13-3)8-9(2,11)7-10/h4-6,8,11H2,1-3H3. The van der Waals surface area contributed by atoms with Crippen LogP contribution in [-0.2, 0) is 4.74 Å². The van der Waals surface area contributed by atoms with Gasteiger partial charge in [-0.05, 0) is 13.5 Å². The molecule has 2 N–H and O–H groups in total. The molecule has 0 aliphatic heterocycles. The Morgan fingerprint density at radius 2 is 2.23 bits per heavy atom. The van der Waals surface area contributed by atoms with Gasteiger partial charge in [0.25, 0.3) is 0 Å². The zero-order valence-corrected chi connectivity index (χ0v) is 8.71. The molecule has 0 heterocycles. The zero-order valence-electron chi connectivity index (χ0n) is 8.71. The number of methoxy groups -OCH3 is 1.